The second-order valence-electron chi connectivity index (χ2n) is 3.39. The van der Waals surface area contributed by atoms with Crippen LogP contribution in [0.5, 0.6) is 0 Å². The Kier molecular flexibility index (Phi) is 5.12. The van der Waals surface area contributed by atoms with Gasteiger partial charge < -0.3 is 10.4 Å². The van der Waals surface area contributed by atoms with Gasteiger partial charge >= 0.3 is 5.97 Å². The maximum atomic E-state index is 11.8. The van der Waals surface area contributed by atoms with Gasteiger partial charge in [-0.1, -0.05) is 29.3 Å². The van der Waals surface area contributed by atoms with E-state index in [1.54, 1.807) is 0 Å². The Hall–Kier alpha value is -1.59. The fourth-order valence-electron chi connectivity index (χ4n) is 1.23. The van der Waals surface area contributed by atoms with Crippen LogP contribution in [0, 0.1) is 0 Å². The zero-order valence-electron chi connectivity index (χ0n) is 9.19. The first-order valence-corrected chi connectivity index (χ1v) is 5.67. The number of nitrogens with one attached hydrogen (secondary N) is 1. The molecule has 5 nitrogen and oxygen atoms in total. The van der Waals surface area contributed by atoms with Gasteiger partial charge in [-0.15, -0.1) is 6.58 Å². The summed E-state index contributed by atoms with van der Waals surface area (Å²) >= 11 is 11.3. The van der Waals surface area contributed by atoms with E-state index in [2.05, 4.69) is 16.9 Å². The molecule has 0 radical (unpaired) electrons. The van der Waals surface area contributed by atoms with Crippen molar-refractivity contribution in [3.8, 4) is 0 Å². The minimum atomic E-state index is -1.14. The quantitative estimate of drug-likeness (QED) is 0.643. The molecule has 0 bridgehead atoms. The SMILES string of the molecule is C=CCC(NC(=O)c1cc(Cl)nc(Cl)c1)C(=O)O. The summed E-state index contributed by atoms with van der Waals surface area (Å²) in [5.74, 6) is -1.73. The summed E-state index contributed by atoms with van der Waals surface area (Å²) < 4.78 is 0. The highest BCUT2D eigenvalue weighted by atomic mass is 35.5. The molecule has 7 heteroatoms. The number of carboxylic acids is 1. The summed E-state index contributed by atoms with van der Waals surface area (Å²) in [4.78, 5) is 26.3. The van der Waals surface area contributed by atoms with Crippen molar-refractivity contribution in [3.05, 3.63) is 40.7 Å². The Morgan fingerprint density at radius 1 is 1.44 bits per heavy atom. The molecule has 1 rings (SSSR count). The van der Waals surface area contributed by atoms with Crippen LogP contribution >= 0.6 is 23.2 Å². The summed E-state index contributed by atoms with van der Waals surface area (Å²) in [6.07, 6.45) is 1.53. The average Bonchev–Trinajstić information content (AvgIpc) is 2.26. The topological polar surface area (TPSA) is 79.3 Å². The number of hydrogen-bond acceptors (Lipinski definition) is 3. The van der Waals surface area contributed by atoms with Gasteiger partial charge in [0.25, 0.3) is 5.91 Å². The van der Waals surface area contributed by atoms with E-state index in [4.69, 9.17) is 28.3 Å². The number of amides is 1. The Balaban J connectivity index is 2.86. The van der Waals surface area contributed by atoms with Crippen molar-refractivity contribution in [2.24, 2.45) is 0 Å². The van der Waals surface area contributed by atoms with Crippen LogP contribution < -0.4 is 5.32 Å². The second kappa shape index (κ2) is 6.37. The van der Waals surface area contributed by atoms with Gasteiger partial charge in [0.2, 0.25) is 0 Å². The third-order valence-corrected chi connectivity index (χ3v) is 2.42. The molecule has 0 fully saturated rings. The number of halogens is 2. The molecule has 0 aliphatic heterocycles. The van der Waals surface area contributed by atoms with E-state index in [-0.39, 0.29) is 22.3 Å². The second-order valence-corrected chi connectivity index (χ2v) is 4.16. The number of carbonyl (C=O) groups excluding carboxylic acids is 1. The minimum Gasteiger partial charge on any atom is -0.480 e. The van der Waals surface area contributed by atoms with E-state index in [0.29, 0.717) is 0 Å². The number of pyridine rings is 1. The first kappa shape index (κ1) is 14.5. The minimum absolute atomic E-state index is 0.0586. The summed E-state index contributed by atoms with van der Waals surface area (Å²) in [6, 6.07) is 1.56. The van der Waals surface area contributed by atoms with Crippen molar-refractivity contribution in [1.29, 1.82) is 0 Å². The summed E-state index contributed by atoms with van der Waals surface area (Å²) in [5, 5.41) is 11.3. The molecule has 0 aromatic carbocycles. The summed E-state index contributed by atoms with van der Waals surface area (Å²) in [6.45, 7) is 3.42. The number of aliphatic carboxylic acids is 1. The Morgan fingerprint density at radius 2 is 2.00 bits per heavy atom. The zero-order chi connectivity index (χ0) is 13.7. The zero-order valence-corrected chi connectivity index (χ0v) is 10.7. The molecular formula is C11H10Cl2N2O3. The number of carboxylic acid groups (broad SMARTS) is 1. The van der Waals surface area contributed by atoms with E-state index in [1.165, 1.54) is 18.2 Å². The van der Waals surface area contributed by atoms with Crippen LogP contribution in [-0.2, 0) is 4.79 Å². The van der Waals surface area contributed by atoms with Crippen LogP contribution in [0.4, 0.5) is 0 Å². The predicted octanol–water partition coefficient (Wildman–Crippen LogP) is 2.15. The van der Waals surface area contributed by atoms with Gasteiger partial charge in [0.05, 0.1) is 0 Å². The highest BCUT2D eigenvalue weighted by Crippen LogP contribution is 2.14. The number of aromatic nitrogens is 1. The Labute approximate surface area is 113 Å². The Bertz CT molecular complexity index is 471. The number of hydrogen-bond donors (Lipinski definition) is 2. The lowest BCUT2D eigenvalue weighted by Gasteiger charge is -2.12. The fourth-order valence-corrected chi connectivity index (χ4v) is 1.69. The molecule has 2 N–H and O–H groups in total. The molecular weight excluding hydrogens is 279 g/mol. The molecule has 96 valence electrons. The van der Waals surface area contributed by atoms with Crippen molar-refractivity contribution in [2.45, 2.75) is 12.5 Å². The van der Waals surface area contributed by atoms with E-state index < -0.39 is 17.9 Å². The average molecular weight is 289 g/mol. The highest BCUT2D eigenvalue weighted by molar-refractivity contribution is 6.33. The molecule has 18 heavy (non-hydrogen) atoms. The van der Waals surface area contributed by atoms with Crippen LogP contribution in [0.15, 0.2) is 24.8 Å². The maximum Gasteiger partial charge on any atom is 0.326 e. The van der Waals surface area contributed by atoms with Gasteiger partial charge in [0.15, 0.2) is 0 Å². The number of nitrogens with zero attached hydrogens (tertiary/aromatic N) is 1. The van der Waals surface area contributed by atoms with E-state index >= 15 is 0 Å². The molecule has 1 amide bonds. The van der Waals surface area contributed by atoms with E-state index in [9.17, 15) is 9.59 Å². The number of carbonyl (C=O) groups is 2. The monoisotopic (exact) mass is 288 g/mol. The lowest BCUT2D eigenvalue weighted by molar-refractivity contribution is -0.139. The molecule has 0 saturated carbocycles. The van der Waals surface area contributed by atoms with Gasteiger partial charge in [-0.05, 0) is 18.6 Å². The molecule has 1 heterocycles. The van der Waals surface area contributed by atoms with Gasteiger partial charge in [0, 0.05) is 5.56 Å². The molecule has 0 spiro atoms. The van der Waals surface area contributed by atoms with Crippen molar-refractivity contribution in [3.63, 3.8) is 0 Å². The van der Waals surface area contributed by atoms with Gasteiger partial charge in [0.1, 0.15) is 16.3 Å². The first-order valence-electron chi connectivity index (χ1n) is 4.91. The molecule has 1 unspecified atom stereocenters. The third kappa shape index (κ3) is 4.01. The fraction of sp³-hybridized carbons (Fsp3) is 0.182. The lowest BCUT2D eigenvalue weighted by atomic mass is 10.2. The molecule has 0 saturated heterocycles. The first-order chi connectivity index (χ1) is 8.43. The number of rotatable bonds is 5. The molecule has 1 atom stereocenters. The summed E-state index contributed by atoms with van der Waals surface area (Å²) in [7, 11) is 0. The lowest BCUT2D eigenvalue weighted by Crippen LogP contribution is -2.40. The normalized spacial score (nSPS) is 11.7. The Morgan fingerprint density at radius 3 is 2.44 bits per heavy atom. The van der Waals surface area contributed by atoms with Crippen LogP contribution in [0.25, 0.3) is 0 Å². The van der Waals surface area contributed by atoms with Crippen LogP contribution in [0.3, 0.4) is 0 Å². The molecule has 1 aromatic heterocycles. The van der Waals surface area contributed by atoms with Gasteiger partial charge in [-0.2, -0.15) is 0 Å². The van der Waals surface area contributed by atoms with E-state index in [0.717, 1.165) is 0 Å². The van der Waals surface area contributed by atoms with Crippen LogP contribution in [0.1, 0.15) is 16.8 Å². The summed E-state index contributed by atoms with van der Waals surface area (Å²) in [5.41, 5.74) is 0.148. The molecule has 0 aliphatic carbocycles. The molecule has 0 aliphatic rings. The van der Waals surface area contributed by atoms with Crippen LogP contribution in [-0.4, -0.2) is 28.0 Å². The standard InChI is InChI=1S/C11H10Cl2N2O3/c1-2-3-7(11(17)18)14-10(16)6-4-8(12)15-9(13)5-6/h2,4-5,7H,1,3H2,(H,14,16)(H,17,18). The van der Waals surface area contributed by atoms with Crippen molar-refractivity contribution in [1.82, 2.24) is 10.3 Å². The largest absolute Gasteiger partial charge is 0.480 e. The highest BCUT2D eigenvalue weighted by Gasteiger charge is 2.19. The van der Waals surface area contributed by atoms with Crippen molar-refractivity contribution in [2.75, 3.05) is 0 Å². The van der Waals surface area contributed by atoms with Crippen molar-refractivity contribution >= 4 is 35.1 Å². The third-order valence-electron chi connectivity index (χ3n) is 2.03. The van der Waals surface area contributed by atoms with Crippen molar-refractivity contribution < 1.29 is 14.7 Å². The predicted molar refractivity (Wildman–Crippen MR) is 68.0 cm³/mol. The molecule has 1 aromatic rings. The van der Waals surface area contributed by atoms with E-state index in [1.807, 2.05) is 0 Å². The van der Waals surface area contributed by atoms with Gasteiger partial charge in [-0.3, -0.25) is 4.79 Å². The van der Waals surface area contributed by atoms with Gasteiger partial charge in [-0.25, -0.2) is 9.78 Å². The maximum absolute atomic E-state index is 11.8. The smallest absolute Gasteiger partial charge is 0.326 e. The van der Waals surface area contributed by atoms with Crippen LogP contribution in [0.2, 0.25) is 10.3 Å².